The SMILES string of the molecule is CCNC(c1ccc(OC)c(C)c1)C1CCC(C)O1. The van der Waals surface area contributed by atoms with Crippen molar-refractivity contribution in [2.24, 2.45) is 0 Å². The highest BCUT2D eigenvalue weighted by molar-refractivity contribution is 5.37. The number of benzene rings is 1. The molecule has 2 rings (SSSR count). The number of likely N-dealkylation sites (N-methyl/N-ethyl adjacent to an activating group) is 1. The highest BCUT2D eigenvalue weighted by Crippen LogP contribution is 2.32. The molecule has 19 heavy (non-hydrogen) atoms. The Morgan fingerprint density at radius 2 is 2.21 bits per heavy atom. The Bertz CT molecular complexity index is 419. The van der Waals surface area contributed by atoms with Gasteiger partial charge >= 0.3 is 0 Å². The van der Waals surface area contributed by atoms with Gasteiger partial charge in [-0.25, -0.2) is 0 Å². The highest BCUT2D eigenvalue weighted by Gasteiger charge is 2.30. The zero-order valence-corrected chi connectivity index (χ0v) is 12.4. The van der Waals surface area contributed by atoms with Gasteiger partial charge in [0.1, 0.15) is 5.75 Å². The largest absolute Gasteiger partial charge is 0.496 e. The molecule has 1 aromatic rings. The van der Waals surface area contributed by atoms with Crippen LogP contribution in [0, 0.1) is 6.92 Å². The molecule has 0 aromatic heterocycles. The number of aryl methyl sites for hydroxylation is 1. The van der Waals surface area contributed by atoms with Crippen LogP contribution in [0.4, 0.5) is 0 Å². The second-order valence-electron chi connectivity index (χ2n) is 5.33. The molecule has 1 N–H and O–H groups in total. The Hall–Kier alpha value is -1.06. The van der Waals surface area contributed by atoms with Gasteiger partial charge in [0.25, 0.3) is 0 Å². The van der Waals surface area contributed by atoms with E-state index in [2.05, 4.69) is 38.2 Å². The van der Waals surface area contributed by atoms with E-state index in [1.54, 1.807) is 7.11 Å². The van der Waals surface area contributed by atoms with Crippen LogP contribution in [-0.4, -0.2) is 25.9 Å². The van der Waals surface area contributed by atoms with Gasteiger partial charge in [-0.05, 0) is 50.4 Å². The van der Waals surface area contributed by atoms with Gasteiger partial charge in [-0.1, -0.05) is 19.1 Å². The third kappa shape index (κ3) is 3.28. The summed E-state index contributed by atoms with van der Waals surface area (Å²) in [6, 6.07) is 6.68. The molecule has 3 nitrogen and oxygen atoms in total. The van der Waals surface area contributed by atoms with Crippen molar-refractivity contribution in [1.82, 2.24) is 5.32 Å². The molecule has 106 valence electrons. The normalized spacial score (nSPS) is 24.4. The maximum absolute atomic E-state index is 6.03. The lowest BCUT2D eigenvalue weighted by molar-refractivity contribution is 0.0319. The minimum absolute atomic E-state index is 0.277. The van der Waals surface area contributed by atoms with E-state index in [4.69, 9.17) is 9.47 Å². The van der Waals surface area contributed by atoms with Gasteiger partial charge in [0.05, 0.1) is 25.4 Å². The summed E-state index contributed by atoms with van der Waals surface area (Å²) >= 11 is 0. The first-order chi connectivity index (χ1) is 9.15. The Labute approximate surface area is 116 Å². The highest BCUT2D eigenvalue weighted by atomic mass is 16.5. The van der Waals surface area contributed by atoms with Crippen LogP contribution in [0.5, 0.6) is 5.75 Å². The number of hydrogen-bond donors (Lipinski definition) is 1. The molecular weight excluding hydrogens is 238 g/mol. The molecule has 0 saturated carbocycles. The molecule has 0 spiro atoms. The van der Waals surface area contributed by atoms with Crippen LogP contribution in [-0.2, 0) is 4.74 Å². The summed E-state index contributed by atoms with van der Waals surface area (Å²) in [7, 11) is 1.71. The van der Waals surface area contributed by atoms with Crippen molar-refractivity contribution in [3.63, 3.8) is 0 Å². The smallest absolute Gasteiger partial charge is 0.121 e. The third-order valence-corrected chi connectivity index (χ3v) is 3.84. The molecule has 3 heteroatoms. The lowest BCUT2D eigenvalue weighted by Crippen LogP contribution is -2.32. The average molecular weight is 263 g/mol. The molecular formula is C16H25NO2. The predicted octanol–water partition coefficient (Wildman–Crippen LogP) is 3.22. The minimum Gasteiger partial charge on any atom is -0.496 e. The summed E-state index contributed by atoms with van der Waals surface area (Å²) in [6.07, 6.45) is 2.94. The molecule has 0 amide bonds. The molecule has 0 radical (unpaired) electrons. The summed E-state index contributed by atoms with van der Waals surface area (Å²) in [5.74, 6) is 0.944. The van der Waals surface area contributed by atoms with Crippen LogP contribution in [0.3, 0.4) is 0 Å². The Balaban J connectivity index is 2.21. The Kier molecular flexibility index (Phi) is 4.83. The molecule has 0 aliphatic carbocycles. The number of hydrogen-bond acceptors (Lipinski definition) is 3. The summed E-state index contributed by atoms with van der Waals surface area (Å²) in [6.45, 7) is 7.33. The first-order valence-corrected chi connectivity index (χ1v) is 7.19. The fourth-order valence-electron chi connectivity index (χ4n) is 2.86. The van der Waals surface area contributed by atoms with Crippen LogP contribution in [0.15, 0.2) is 18.2 Å². The number of nitrogens with one attached hydrogen (secondary N) is 1. The van der Waals surface area contributed by atoms with E-state index < -0.39 is 0 Å². The summed E-state index contributed by atoms with van der Waals surface area (Å²) in [4.78, 5) is 0. The van der Waals surface area contributed by atoms with E-state index >= 15 is 0 Å². The van der Waals surface area contributed by atoms with E-state index in [0.29, 0.717) is 6.10 Å². The maximum Gasteiger partial charge on any atom is 0.121 e. The predicted molar refractivity (Wildman–Crippen MR) is 77.7 cm³/mol. The molecule has 1 heterocycles. The van der Waals surface area contributed by atoms with Crippen LogP contribution < -0.4 is 10.1 Å². The Morgan fingerprint density at radius 1 is 1.42 bits per heavy atom. The third-order valence-electron chi connectivity index (χ3n) is 3.84. The zero-order chi connectivity index (χ0) is 13.8. The van der Waals surface area contributed by atoms with Crippen LogP contribution >= 0.6 is 0 Å². The van der Waals surface area contributed by atoms with Crippen molar-refractivity contribution in [2.45, 2.75) is 51.9 Å². The number of methoxy groups -OCH3 is 1. The van der Waals surface area contributed by atoms with E-state index in [1.807, 2.05) is 6.07 Å². The molecule has 1 aromatic carbocycles. The van der Waals surface area contributed by atoms with Crippen LogP contribution in [0.25, 0.3) is 0 Å². The zero-order valence-electron chi connectivity index (χ0n) is 12.4. The molecule has 3 atom stereocenters. The maximum atomic E-state index is 6.03. The van der Waals surface area contributed by atoms with Crippen molar-refractivity contribution in [3.05, 3.63) is 29.3 Å². The lowest BCUT2D eigenvalue weighted by atomic mass is 9.97. The first kappa shape index (κ1) is 14.4. The summed E-state index contributed by atoms with van der Waals surface area (Å²) in [5, 5.41) is 3.56. The number of ether oxygens (including phenoxy) is 2. The Morgan fingerprint density at radius 3 is 2.74 bits per heavy atom. The minimum atomic E-state index is 0.277. The second kappa shape index (κ2) is 6.40. The topological polar surface area (TPSA) is 30.5 Å². The molecule has 1 aliphatic rings. The van der Waals surface area contributed by atoms with E-state index in [-0.39, 0.29) is 12.1 Å². The summed E-state index contributed by atoms with van der Waals surface area (Å²) < 4.78 is 11.4. The molecule has 1 fully saturated rings. The van der Waals surface area contributed by atoms with Crippen LogP contribution in [0.1, 0.15) is 43.9 Å². The fraction of sp³-hybridized carbons (Fsp3) is 0.625. The molecule has 0 bridgehead atoms. The van der Waals surface area contributed by atoms with Crippen molar-refractivity contribution < 1.29 is 9.47 Å². The van der Waals surface area contributed by atoms with Gasteiger partial charge in [-0.3, -0.25) is 0 Å². The van der Waals surface area contributed by atoms with Gasteiger partial charge < -0.3 is 14.8 Å². The van der Waals surface area contributed by atoms with Gasteiger partial charge in [0.15, 0.2) is 0 Å². The van der Waals surface area contributed by atoms with E-state index in [1.165, 1.54) is 11.1 Å². The van der Waals surface area contributed by atoms with E-state index in [0.717, 1.165) is 25.1 Å². The molecule has 1 aliphatic heterocycles. The van der Waals surface area contributed by atoms with Gasteiger partial charge in [-0.15, -0.1) is 0 Å². The van der Waals surface area contributed by atoms with Crippen molar-refractivity contribution >= 4 is 0 Å². The molecule has 1 saturated heterocycles. The fourth-order valence-corrected chi connectivity index (χ4v) is 2.86. The lowest BCUT2D eigenvalue weighted by Gasteiger charge is -2.25. The summed E-state index contributed by atoms with van der Waals surface area (Å²) in [5.41, 5.74) is 2.47. The van der Waals surface area contributed by atoms with Crippen LogP contribution in [0.2, 0.25) is 0 Å². The second-order valence-corrected chi connectivity index (χ2v) is 5.33. The number of rotatable bonds is 5. The van der Waals surface area contributed by atoms with Crippen molar-refractivity contribution in [2.75, 3.05) is 13.7 Å². The van der Waals surface area contributed by atoms with Crippen molar-refractivity contribution in [3.8, 4) is 5.75 Å². The van der Waals surface area contributed by atoms with E-state index in [9.17, 15) is 0 Å². The van der Waals surface area contributed by atoms with Gasteiger partial charge in [-0.2, -0.15) is 0 Å². The average Bonchev–Trinajstić information content (AvgIpc) is 2.82. The molecule has 3 unspecified atom stereocenters. The first-order valence-electron chi connectivity index (χ1n) is 7.19. The quantitative estimate of drug-likeness (QED) is 0.884. The van der Waals surface area contributed by atoms with Gasteiger partial charge in [0.2, 0.25) is 0 Å². The van der Waals surface area contributed by atoms with Crippen molar-refractivity contribution in [1.29, 1.82) is 0 Å². The van der Waals surface area contributed by atoms with Gasteiger partial charge in [0, 0.05) is 0 Å². The monoisotopic (exact) mass is 263 g/mol. The standard InChI is InChI=1S/C16H25NO2/c1-5-17-16(15-8-6-12(3)19-15)13-7-9-14(18-4)11(2)10-13/h7,9-10,12,15-17H,5-6,8H2,1-4H3.